The van der Waals surface area contributed by atoms with Crippen LogP contribution in [0.5, 0.6) is 0 Å². The van der Waals surface area contributed by atoms with Crippen LogP contribution in [0.25, 0.3) is 0 Å². The Morgan fingerprint density at radius 2 is 1.86 bits per heavy atom. The number of carboxylic acid groups (broad SMARTS) is 2. The molecule has 122 valence electrons. The average Bonchev–Trinajstić information content (AvgIpc) is 2.74. The smallest absolute Gasteiger partial charge is 0.328 e. The third-order valence-electron chi connectivity index (χ3n) is 4.20. The van der Waals surface area contributed by atoms with Crippen LogP contribution >= 0.6 is 0 Å². The third-order valence-corrected chi connectivity index (χ3v) is 4.20. The zero-order valence-corrected chi connectivity index (χ0v) is 12.3. The number of piperidine rings is 1. The van der Waals surface area contributed by atoms with Crippen LogP contribution in [0.3, 0.4) is 0 Å². The minimum atomic E-state index is -1.26. The number of nitrogens with zero attached hydrogens (tertiary/aromatic N) is 1. The van der Waals surface area contributed by atoms with E-state index in [1.165, 1.54) is 11.5 Å². The largest absolute Gasteiger partial charge is 0.478 e. The topological polar surface area (TPSA) is 116 Å². The van der Waals surface area contributed by atoms with Gasteiger partial charge >= 0.3 is 11.9 Å². The fourth-order valence-corrected chi connectivity index (χ4v) is 3.33. The van der Waals surface area contributed by atoms with Crippen LogP contribution in [0.2, 0.25) is 0 Å². The molecule has 2 bridgehead atoms. The Labute approximate surface area is 127 Å². The number of aliphatic carboxylic acids is 2. The Hall–Kier alpha value is -1.93. The molecule has 1 saturated carbocycles. The van der Waals surface area contributed by atoms with Gasteiger partial charge in [0.1, 0.15) is 6.10 Å². The van der Waals surface area contributed by atoms with Crippen molar-refractivity contribution in [2.75, 3.05) is 20.1 Å². The molecule has 1 aliphatic carbocycles. The summed E-state index contributed by atoms with van der Waals surface area (Å²) in [7, 11) is 1.73. The van der Waals surface area contributed by atoms with E-state index >= 15 is 0 Å². The first-order valence-electron chi connectivity index (χ1n) is 7.17. The maximum absolute atomic E-state index is 11.8. The molecule has 0 aromatic heterocycles. The maximum Gasteiger partial charge on any atom is 0.328 e. The van der Waals surface area contributed by atoms with E-state index in [1.54, 1.807) is 7.05 Å². The van der Waals surface area contributed by atoms with E-state index < -0.39 is 11.9 Å². The molecule has 8 heteroatoms. The number of carbonyl (C=O) groups excluding carboxylic acids is 1. The van der Waals surface area contributed by atoms with Gasteiger partial charge in [0, 0.05) is 31.7 Å². The van der Waals surface area contributed by atoms with Crippen molar-refractivity contribution in [2.24, 2.45) is 17.8 Å². The molecule has 3 N–H and O–H groups in total. The second-order valence-electron chi connectivity index (χ2n) is 5.78. The molecule has 8 nitrogen and oxygen atoms in total. The SMILES string of the molecule is CN1OC2C3CNCC(C3)CC2C1=O.O=C(O)/C=C/C(=O)O. The molecule has 0 aromatic rings. The van der Waals surface area contributed by atoms with Gasteiger partial charge in [-0.1, -0.05) is 0 Å². The van der Waals surface area contributed by atoms with Crippen molar-refractivity contribution in [1.29, 1.82) is 0 Å². The Balaban J connectivity index is 0.000000192. The van der Waals surface area contributed by atoms with Crippen molar-refractivity contribution in [3.05, 3.63) is 12.2 Å². The number of carboxylic acids is 2. The van der Waals surface area contributed by atoms with Gasteiger partial charge in [-0.15, -0.1) is 0 Å². The van der Waals surface area contributed by atoms with Gasteiger partial charge < -0.3 is 15.5 Å². The Morgan fingerprint density at radius 1 is 1.23 bits per heavy atom. The highest BCUT2D eigenvalue weighted by Crippen LogP contribution is 2.41. The predicted molar refractivity (Wildman–Crippen MR) is 74.6 cm³/mol. The number of hydrogen-bond acceptors (Lipinski definition) is 5. The second kappa shape index (κ2) is 6.89. The number of hydroxylamine groups is 2. The van der Waals surface area contributed by atoms with Gasteiger partial charge in [-0.3, -0.25) is 9.63 Å². The summed E-state index contributed by atoms with van der Waals surface area (Å²) >= 11 is 0. The highest BCUT2D eigenvalue weighted by Gasteiger charge is 2.50. The zero-order valence-electron chi connectivity index (χ0n) is 12.3. The Kier molecular flexibility index (Phi) is 5.15. The van der Waals surface area contributed by atoms with Crippen LogP contribution < -0.4 is 5.32 Å². The lowest BCUT2D eigenvalue weighted by Gasteiger charge is -2.39. The van der Waals surface area contributed by atoms with Crippen molar-refractivity contribution >= 4 is 17.8 Å². The molecule has 1 amide bonds. The first-order chi connectivity index (χ1) is 10.4. The molecular formula is C14H20N2O6. The summed E-state index contributed by atoms with van der Waals surface area (Å²) in [6, 6.07) is 0. The normalized spacial score (nSPS) is 33.1. The standard InChI is InChI=1S/C10H16N2O2.C4H4O4/c1-12-10(13)8-3-6-2-7(5-11-4-6)9(8)14-12;5-3(6)1-2-4(7)8/h6-9,11H,2-5H2,1H3;1-2H,(H,5,6)(H,7,8)/b;2-1+. The number of amides is 1. The van der Waals surface area contributed by atoms with Crippen molar-refractivity contribution in [1.82, 2.24) is 10.4 Å². The number of rotatable bonds is 2. The van der Waals surface area contributed by atoms with E-state index in [9.17, 15) is 14.4 Å². The summed E-state index contributed by atoms with van der Waals surface area (Å²) in [4.78, 5) is 36.5. The molecule has 3 aliphatic rings. The molecule has 2 heterocycles. The van der Waals surface area contributed by atoms with Crippen molar-refractivity contribution in [3.63, 3.8) is 0 Å². The first kappa shape index (κ1) is 16.4. The lowest BCUT2D eigenvalue weighted by Crippen LogP contribution is -2.49. The molecule has 3 rings (SSSR count). The Morgan fingerprint density at radius 3 is 2.45 bits per heavy atom. The van der Waals surface area contributed by atoms with Crippen LogP contribution in [0, 0.1) is 17.8 Å². The van der Waals surface area contributed by atoms with Gasteiger partial charge in [-0.25, -0.2) is 14.7 Å². The average molecular weight is 312 g/mol. The van der Waals surface area contributed by atoms with E-state index in [0.29, 0.717) is 24.0 Å². The fourth-order valence-electron chi connectivity index (χ4n) is 3.33. The number of nitrogens with one attached hydrogen (secondary N) is 1. The molecule has 0 aromatic carbocycles. The summed E-state index contributed by atoms with van der Waals surface area (Å²) in [6.07, 6.45) is 3.51. The van der Waals surface area contributed by atoms with Crippen LogP contribution in [-0.2, 0) is 19.2 Å². The van der Waals surface area contributed by atoms with Gasteiger partial charge in [0.2, 0.25) is 0 Å². The molecule has 0 spiro atoms. The third kappa shape index (κ3) is 3.83. The minimum Gasteiger partial charge on any atom is -0.478 e. The van der Waals surface area contributed by atoms with Gasteiger partial charge in [0.25, 0.3) is 5.91 Å². The maximum atomic E-state index is 11.8. The molecule has 22 heavy (non-hydrogen) atoms. The molecule has 0 radical (unpaired) electrons. The number of carbonyl (C=O) groups is 3. The summed E-state index contributed by atoms with van der Waals surface area (Å²) in [5, 5.41) is 20.5. The first-order valence-corrected chi connectivity index (χ1v) is 7.17. The van der Waals surface area contributed by atoms with Crippen molar-refractivity contribution in [2.45, 2.75) is 18.9 Å². The summed E-state index contributed by atoms with van der Waals surface area (Å²) in [5.41, 5.74) is 0. The van der Waals surface area contributed by atoms with Gasteiger partial charge in [0.05, 0.1) is 5.92 Å². The van der Waals surface area contributed by atoms with Crippen LogP contribution in [0.15, 0.2) is 12.2 Å². The minimum absolute atomic E-state index is 0.144. The number of fused-ring (bicyclic) bond motifs is 4. The van der Waals surface area contributed by atoms with Crippen LogP contribution in [-0.4, -0.2) is 59.4 Å². The lowest BCUT2D eigenvalue weighted by atomic mass is 9.71. The van der Waals surface area contributed by atoms with E-state index in [1.807, 2.05) is 0 Å². The molecule has 2 saturated heterocycles. The summed E-state index contributed by atoms with van der Waals surface area (Å²) in [5.74, 6) is -0.951. The second-order valence-corrected chi connectivity index (χ2v) is 5.78. The summed E-state index contributed by atoms with van der Waals surface area (Å²) < 4.78 is 0. The van der Waals surface area contributed by atoms with E-state index in [-0.39, 0.29) is 17.9 Å². The van der Waals surface area contributed by atoms with Gasteiger partial charge in [-0.05, 0) is 25.3 Å². The molecule has 4 unspecified atom stereocenters. The molecule has 3 fully saturated rings. The Bertz CT molecular complexity index is 476. The quantitative estimate of drug-likeness (QED) is 0.600. The molecule has 2 aliphatic heterocycles. The van der Waals surface area contributed by atoms with E-state index in [4.69, 9.17) is 15.1 Å². The van der Waals surface area contributed by atoms with E-state index in [0.717, 1.165) is 19.5 Å². The van der Waals surface area contributed by atoms with E-state index in [2.05, 4.69) is 5.32 Å². The lowest BCUT2D eigenvalue weighted by molar-refractivity contribution is -0.172. The highest BCUT2D eigenvalue weighted by molar-refractivity contribution is 5.89. The van der Waals surface area contributed by atoms with Crippen molar-refractivity contribution < 1.29 is 29.4 Å². The fraction of sp³-hybridized carbons (Fsp3) is 0.643. The van der Waals surface area contributed by atoms with Crippen LogP contribution in [0.4, 0.5) is 0 Å². The van der Waals surface area contributed by atoms with Gasteiger partial charge in [-0.2, -0.15) is 0 Å². The predicted octanol–water partition coefficient (Wildman–Crippen LogP) is -0.284. The molecular weight excluding hydrogens is 292 g/mol. The number of hydrogen-bond donors (Lipinski definition) is 3. The van der Waals surface area contributed by atoms with Crippen molar-refractivity contribution in [3.8, 4) is 0 Å². The highest BCUT2D eigenvalue weighted by atomic mass is 16.7. The summed E-state index contributed by atoms with van der Waals surface area (Å²) in [6.45, 7) is 2.09. The molecule has 4 atom stereocenters. The van der Waals surface area contributed by atoms with Crippen LogP contribution in [0.1, 0.15) is 12.8 Å². The zero-order chi connectivity index (χ0) is 16.3. The van der Waals surface area contributed by atoms with Gasteiger partial charge in [0.15, 0.2) is 0 Å². The monoisotopic (exact) mass is 312 g/mol.